The van der Waals surface area contributed by atoms with E-state index in [1.54, 1.807) is 30.3 Å². The average Bonchev–Trinajstić information content (AvgIpc) is 2.40. The molecular formula is C14H12FN3. The lowest BCUT2D eigenvalue weighted by Crippen LogP contribution is -2.09. The SMILES string of the molecule is CC(Nc1ccc(C#N)cn1)c1ccccc1F. The van der Waals surface area contributed by atoms with E-state index in [1.807, 2.05) is 13.0 Å². The number of hydrogen-bond donors (Lipinski definition) is 1. The summed E-state index contributed by atoms with van der Waals surface area (Å²) in [5, 5.41) is 11.8. The molecule has 1 N–H and O–H groups in total. The van der Waals surface area contributed by atoms with Crippen LogP contribution in [0, 0.1) is 17.1 Å². The molecule has 18 heavy (non-hydrogen) atoms. The van der Waals surface area contributed by atoms with Crippen molar-refractivity contribution in [2.45, 2.75) is 13.0 Å². The van der Waals surface area contributed by atoms with Crippen molar-refractivity contribution < 1.29 is 4.39 Å². The van der Waals surface area contributed by atoms with Gasteiger partial charge in [0.15, 0.2) is 0 Å². The maximum absolute atomic E-state index is 13.6. The van der Waals surface area contributed by atoms with E-state index in [-0.39, 0.29) is 11.9 Å². The van der Waals surface area contributed by atoms with Gasteiger partial charge in [0, 0.05) is 11.8 Å². The molecule has 0 aliphatic rings. The number of anilines is 1. The van der Waals surface area contributed by atoms with Crippen LogP contribution in [0.25, 0.3) is 0 Å². The Bertz CT molecular complexity index is 572. The summed E-state index contributed by atoms with van der Waals surface area (Å²) in [5.74, 6) is 0.371. The lowest BCUT2D eigenvalue weighted by atomic mass is 10.1. The lowest BCUT2D eigenvalue weighted by molar-refractivity contribution is 0.600. The molecule has 0 aliphatic carbocycles. The van der Waals surface area contributed by atoms with Gasteiger partial charge in [-0.15, -0.1) is 0 Å². The van der Waals surface area contributed by atoms with Gasteiger partial charge in [0.05, 0.1) is 11.6 Å². The van der Waals surface area contributed by atoms with Crippen molar-refractivity contribution in [3.63, 3.8) is 0 Å². The van der Waals surface area contributed by atoms with Gasteiger partial charge < -0.3 is 5.32 Å². The Balaban J connectivity index is 2.14. The van der Waals surface area contributed by atoms with Gasteiger partial charge in [0.1, 0.15) is 17.7 Å². The van der Waals surface area contributed by atoms with E-state index < -0.39 is 0 Å². The molecule has 0 aliphatic heterocycles. The van der Waals surface area contributed by atoms with Crippen LogP contribution < -0.4 is 5.32 Å². The van der Waals surface area contributed by atoms with Crippen LogP contribution in [0.1, 0.15) is 24.1 Å². The molecule has 0 fully saturated rings. The van der Waals surface area contributed by atoms with Crippen LogP contribution in [-0.2, 0) is 0 Å². The van der Waals surface area contributed by atoms with Crippen molar-refractivity contribution in [3.8, 4) is 6.07 Å². The number of aromatic nitrogens is 1. The van der Waals surface area contributed by atoms with Gasteiger partial charge in [-0.05, 0) is 25.1 Å². The molecule has 0 spiro atoms. The van der Waals surface area contributed by atoms with Crippen LogP contribution in [0.2, 0.25) is 0 Å². The number of pyridine rings is 1. The number of nitriles is 1. The average molecular weight is 241 g/mol. The largest absolute Gasteiger partial charge is 0.363 e. The van der Waals surface area contributed by atoms with Crippen molar-refractivity contribution in [1.29, 1.82) is 5.26 Å². The van der Waals surface area contributed by atoms with Gasteiger partial charge in [-0.1, -0.05) is 18.2 Å². The van der Waals surface area contributed by atoms with Crippen molar-refractivity contribution in [2.75, 3.05) is 5.32 Å². The lowest BCUT2D eigenvalue weighted by Gasteiger charge is -2.15. The normalized spacial score (nSPS) is 11.6. The molecule has 90 valence electrons. The quantitative estimate of drug-likeness (QED) is 0.897. The van der Waals surface area contributed by atoms with E-state index in [0.717, 1.165) is 0 Å². The van der Waals surface area contributed by atoms with Crippen LogP contribution in [0.3, 0.4) is 0 Å². The maximum Gasteiger partial charge on any atom is 0.128 e. The number of halogens is 1. The standard InChI is InChI=1S/C14H12FN3/c1-10(12-4-2-3-5-13(12)15)18-14-7-6-11(8-16)9-17-14/h2-7,9-10H,1H3,(H,17,18). The molecule has 3 nitrogen and oxygen atoms in total. The van der Waals surface area contributed by atoms with Gasteiger partial charge in [-0.2, -0.15) is 5.26 Å². The van der Waals surface area contributed by atoms with Gasteiger partial charge in [-0.3, -0.25) is 0 Å². The monoisotopic (exact) mass is 241 g/mol. The van der Waals surface area contributed by atoms with Gasteiger partial charge in [0.2, 0.25) is 0 Å². The van der Waals surface area contributed by atoms with Crippen LogP contribution in [0.5, 0.6) is 0 Å². The first kappa shape index (κ1) is 12.1. The molecule has 0 bridgehead atoms. The Hall–Kier alpha value is -2.41. The number of benzene rings is 1. The number of nitrogens with zero attached hydrogens (tertiary/aromatic N) is 2. The molecule has 1 aromatic heterocycles. The molecule has 2 rings (SSSR count). The molecule has 1 unspecified atom stereocenters. The van der Waals surface area contributed by atoms with E-state index in [2.05, 4.69) is 10.3 Å². The second-order valence-corrected chi connectivity index (χ2v) is 3.93. The van der Waals surface area contributed by atoms with Crippen LogP contribution >= 0.6 is 0 Å². The highest BCUT2D eigenvalue weighted by atomic mass is 19.1. The van der Waals surface area contributed by atoms with E-state index >= 15 is 0 Å². The summed E-state index contributed by atoms with van der Waals surface area (Å²) in [7, 11) is 0. The first-order valence-electron chi connectivity index (χ1n) is 5.58. The highest BCUT2D eigenvalue weighted by molar-refractivity contribution is 5.41. The molecular weight excluding hydrogens is 229 g/mol. The summed E-state index contributed by atoms with van der Waals surface area (Å²) >= 11 is 0. The van der Waals surface area contributed by atoms with Crippen LogP contribution in [-0.4, -0.2) is 4.98 Å². The predicted octanol–water partition coefficient (Wildman–Crippen LogP) is 3.27. The third kappa shape index (κ3) is 2.64. The molecule has 0 saturated carbocycles. The number of rotatable bonds is 3. The minimum absolute atomic E-state index is 0.188. The molecule has 1 aromatic carbocycles. The zero-order chi connectivity index (χ0) is 13.0. The van der Waals surface area contributed by atoms with Crippen molar-refractivity contribution >= 4 is 5.82 Å². The van der Waals surface area contributed by atoms with Crippen LogP contribution in [0.4, 0.5) is 10.2 Å². The zero-order valence-corrected chi connectivity index (χ0v) is 9.89. The molecule has 1 heterocycles. The van der Waals surface area contributed by atoms with Crippen LogP contribution in [0.15, 0.2) is 42.6 Å². The maximum atomic E-state index is 13.6. The predicted molar refractivity (Wildman–Crippen MR) is 67.4 cm³/mol. The van der Waals surface area contributed by atoms with E-state index in [1.165, 1.54) is 12.3 Å². The Morgan fingerprint density at radius 3 is 2.67 bits per heavy atom. The smallest absolute Gasteiger partial charge is 0.128 e. The summed E-state index contributed by atoms with van der Waals surface area (Å²) < 4.78 is 13.6. The minimum Gasteiger partial charge on any atom is -0.363 e. The van der Waals surface area contributed by atoms with E-state index in [9.17, 15) is 4.39 Å². The van der Waals surface area contributed by atoms with E-state index in [4.69, 9.17) is 5.26 Å². The molecule has 1 atom stereocenters. The van der Waals surface area contributed by atoms with Crippen molar-refractivity contribution in [1.82, 2.24) is 4.98 Å². The Morgan fingerprint density at radius 2 is 2.06 bits per heavy atom. The fourth-order valence-electron chi connectivity index (χ4n) is 1.67. The fourth-order valence-corrected chi connectivity index (χ4v) is 1.67. The highest BCUT2D eigenvalue weighted by Crippen LogP contribution is 2.20. The van der Waals surface area contributed by atoms with Gasteiger partial charge >= 0.3 is 0 Å². The van der Waals surface area contributed by atoms with Crippen molar-refractivity contribution in [3.05, 3.63) is 59.5 Å². The molecule has 4 heteroatoms. The summed E-state index contributed by atoms with van der Waals surface area (Å²) in [5.41, 5.74) is 1.09. The Kier molecular flexibility index (Phi) is 3.54. The Labute approximate surface area is 105 Å². The summed E-state index contributed by atoms with van der Waals surface area (Å²) in [6, 6.07) is 11.8. The highest BCUT2D eigenvalue weighted by Gasteiger charge is 2.10. The molecule has 2 aromatic rings. The fraction of sp³-hybridized carbons (Fsp3) is 0.143. The minimum atomic E-state index is -0.244. The molecule has 0 radical (unpaired) electrons. The van der Waals surface area contributed by atoms with Gasteiger partial charge in [0.25, 0.3) is 0 Å². The third-order valence-electron chi connectivity index (χ3n) is 2.63. The molecule has 0 amide bonds. The summed E-state index contributed by atoms with van der Waals surface area (Å²) in [6.45, 7) is 1.86. The topological polar surface area (TPSA) is 48.7 Å². The third-order valence-corrected chi connectivity index (χ3v) is 2.63. The van der Waals surface area contributed by atoms with Crippen molar-refractivity contribution in [2.24, 2.45) is 0 Å². The number of hydrogen-bond acceptors (Lipinski definition) is 3. The Morgan fingerprint density at radius 1 is 1.28 bits per heavy atom. The first-order chi connectivity index (χ1) is 8.70. The van der Waals surface area contributed by atoms with Gasteiger partial charge in [-0.25, -0.2) is 9.37 Å². The van der Waals surface area contributed by atoms with E-state index in [0.29, 0.717) is 16.9 Å². The zero-order valence-electron chi connectivity index (χ0n) is 9.89. The second kappa shape index (κ2) is 5.28. The first-order valence-corrected chi connectivity index (χ1v) is 5.58. The second-order valence-electron chi connectivity index (χ2n) is 3.93. The summed E-state index contributed by atoms with van der Waals surface area (Å²) in [6.07, 6.45) is 1.48. The summed E-state index contributed by atoms with van der Waals surface area (Å²) in [4.78, 5) is 4.09. The molecule has 0 saturated heterocycles. The number of nitrogens with one attached hydrogen (secondary N) is 1.